The summed E-state index contributed by atoms with van der Waals surface area (Å²) < 4.78 is 15.9. The molecule has 0 aliphatic carbocycles. The Balaban J connectivity index is 1.81. The van der Waals surface area contributed by atoms with Crippen molar-refractivity contribution < 1.29 is 19.0 Å². The Morgan fingerprint density at radius 3 is 2.48 bits per heavy atom. The van der Waals surface area contributed by atoms with Gasteiger partial charge in [0.15, 0.2) is 11.9 Å². The van der Waals surface area contributed by atoms with Crippen LogP contribution in [0.3, 0.4) is 0 Å². The minimum Gasteiger partial charge on any atom is -0.497 e. The van der Waals surface area contributed by atoms with E-state index in [9.17, 15) is 4.79 Å². The van der Waals surface area contributed by atoms with Gasteiger partial charge in [0.05, 0.1) is 19.8 Å². The van der Waals surface area contributed by atoms with Crippen molar-refractivity contribution >= 4 is 5.78 Å². The molecule has 108 valence electrons. The van der Waals surface area contributed by atoms with Crippen LogP contribution in [0.25, 0.3) is 0 Å². The fourth-order valence-corrected chi connectivity index (χ4v) is 2.36. The van der Waals surface area contributed by atoms with Crippen molar-refractivity contribution in [3.63, 3.8) is 0 Å². The Hall–Kier alpha value is -2.33. The van der Waals surface area contributed by atoms with Gasteiger partial charge in [-0.15, -0.1) is 0 Å². The molecule has 0 aromatic heterocycles. The predicted molar refractivity (Wildman–Crippen MR) is 77.9 cm³/mol. The standard InChI is InChI=1S/C17H16O4/c1-19-12-8-9-13(14(10-12)20-2)15(18)17-16(21-17)11-6-4-3-5-7-11/h3-10,16-17H,1-2H3. The monoisotopic (exact) mass is 284 g/mol. The predicted octanol–water partition coefficient (Wildman–Crippen LogP) is 3.03. The van der Waals surface area contributed by atoms with Crippen LogP contribution in [0, 0.1) is 0 Å². The number of carbonyl (C=O) groups excluding carboxylic acids is 1. The van der Waals surface area contributed by atoms with Crippen LogP contribution in [0.15, 0.2) is 48.5 Å². The molecular formula is C17H16O4. The van der Waals surface area contributed by atoms with Gasteiger partial charge >= 0.3 is 0 Å². The number of hydrogen-bond acceptors (Lipinski definition) is 4. The van der Waals surface area contributed by atoms with Gasteiger partial charge in [0, 0.05) is 6.07 Å². The summed E-state index contributed by atoms with van der Waals surface area (Å²) in [6, 6.07) is 14.9. The Bertz CT molecular complexity index is 651. The zero-order valence-corrected chi connectivity index (χ0v) is 11.9. The molecule has 0 amide bonds. The molecule has 1 aliphatic heterocycles. The van der Waals surface area contributed by atoms with E-state index in [0.717, 1.165) is 5.56 Å². The lowest BCUT2D eigenvalue weighted by atomic mass is 10.0. The third-order valence-electron chi connectivity index (χ3n) is 3.55. The summed E-state index contributed by atoms with van der Waals surface area (Å²) in [6.45, 7) is 0. The molecule has 0 bridgehead atoms. The van der Waals surface area contributed by atoms with Crippen molar-refractivity contribution in [3.05, 3.63) is 59.7 Å². The van der Waals surface area contributed by atoms with Gasteiger partial charge in [0.25, 0.3) is 0 Å². The zero-order chi connectivity index (χ0) is 14.8. The number of methoxy groups -OCH3 is 2. The molecule has 4 heteroatoms. The fraction of sp³-hybridized carbons (Fsp3) is 0.235. The van der Waals surface area contributed by atoms with Gasteiger partial charge in [-0.25, -0.2) is 0 Å². The number of ether oxygens (including phenoxy) is 3. The molecule has 2 aromatic carbocycles. The molecular weight excluding hydrogens is 268 g/mol. The Kier molecular flexibility index (Phi) is 3.62. The summed E-state index contributed by atoms with van der Waals surface area (Å²) in [7, 11) is 3.11. The van der Waals surface area contributed by atoms with E-state index in [4.69, 9.17) is 14.2 Å². The Morgan fingerprint density at radius 2 is 1.81 bits per heavy atom. The maximum atomic E-state index is 12.5. The van der Waals surface area contributed by atoms with E-state index in [1.165, 1.54) is 7.11 Å². The molecule has 2 atom stereocenters. The first-order valence-electron chi connectivity index (χ1n) is 6.71. The van der Waals surface area contributed by atoms with Gasteiger partial charge in [-0.3, -0.25) is 4.79 Å². The third-order valence-corrected chi connectivity index (χ3v) is 3.55. The van der Waals surface area contributed by atoms with Crippen molar-refractivity contribution in [3.8, 4) is 11.5 Å². The smallest absolute Gasteiger partial charge is 0.198 e. The van der Waals surface area contributed by atoms with Crippen LogP contribution < -0.4 is 9.47 Å². The second kappa shape index (κ2) is 5.58. The molecule has 1 aliphatic rings. The number of carbonyl (C=O) groups is 1. The van der Waals surface area contributed by atoms with Crippen LogP contribution in [0.4, 0.5) is 0 Å². The molecule has 1 saturated heterocycles. The van der Waals surface area contributed by atoms with E-state index in [1.807, 2.05) is 30.3 Å². The second-order valence-corrected chi connectivity index (χ2v) is 4.82. The minimum atomic E-state index is -0.435. The van der Waals surface area contributed by atoms with Crippen LogP contribution in [-0.2, 0) is 4.74 Å². The average molecular weight is 284 g/mol. The van der Waals surface area contributed by atoms with Crippen molar-refractivity contribution in [2.75, 3.05) is 14.2 Å². The Morgan fingerprint density at radius 1 is 1.05 bits per heavy atom. The highest BCUT2D eigenvalue weighted by Gasteiger charge is 2.46. The lowest BCUT2D eigenvalue weighted by Gasteiger charge is -2.08. The first kappa shape index (κ1) is 13.6. The second-order valence-electron chi connectivity index (χ2n) is 4.82. The molecule has 1 heterocycles. The van der Waals surface area contributed by atoms with Gasteiger partial charge in [-0.2, -0.15) is 0 Å². The first-order valence-corrected chi connectivity index (χ1v) is 6.71. The summed E-state index contributed by atoms with van der Waals surface area (Å²) in [5, 5.41) is 0. The zero-order valence-electron chi connectivity index (χ0n) is 11.9. The largest absolute Gasteiger partial charge is 0.497 e. The number of ketones is 1. The maximum Gasteiger partial charge on any atom is 0.198 e. The molecule has 3 rings (SSSR count). The lowest BCUT2D eigenvalue weighted by molar-refractivity contribution is 0.0950. The quantitative estimate of drug-likeness (QED) is 0.625. The van der Waals surface area contributed by atoms with Crippen LogP contribution in [0.5, 0.6) is 11.5 Å². The van der Waals surface area contributed by atoms with E-state index in [-0.39, 0.29) is 11.9 Å². The third kappa shape index (κ3) is 2.62. The van der Waals surface area contributed by atoms with Crippen LogP contribution in [0.2, 0.25) is 0 Å². The van der Waals surface area contributed by atoms with Gasteiger partial charge in [-0.1, -0.05) is 30.3 Å². The molecule has 0 saturated carbocycles. The molecule has 2 unspecified atom stereocenters. The van der Waals surface area contributed by atoms with Crippen LogP contribution in [-0.4, -0.2) is 26.1 Å². The molecule has 0 spiro atoms. The van der Waals surface area contributed by atoms with Crippen molar-refractivity contribution in [1.29, 1.82) is 0 Å². The van der Waals surface area contributed by atoms with E-state index in [2.05, 4.69) is 0 Å². The van der Waals surface area contributed by atoms with Crippen molar-refractivity contribution in [2.45, 2.75) is 12.2 Å². The number of Topliss-reactive ketones (excluding diaryl/α,β-unsaturated/α-hetero) is 1. The topological polar surface area (TPSA) is 48.1 Å². The summed E-state index contributed by atoms with van der Waals surface area (Å²) in [4.78, 5) is 12.5. The van der Waals surface area contributed by atoms with Gasteiger partial charge in [-0.05, 0) is 17.7 Å². The van der Waals surface area contributed by atoms with Crippen molar-refractivity contribution in [1.82, 2.24) is 0 Å². The number of rotatable bonds is 5. The van der Waals surface area contributed by atoms with E-state index in [0.29, 0.717) is 17.1 Å². The molecule has 0 radical (unpaired) electrons. The molecule has 0 N–H and O–H groups in total. The first-order chi connectivity index (χ1) is 10.2. The van der Waals surface area contributed by atoms with Gasteiger partial charge < -0.3 is 14.2 Å². The normalized spacial score (nSPS) is 19.9. The van der Waals surface area contributed by atoms with E-state index in [1.54, 1.807) is 25.3 Å². The average Bonchev–Trinajstić information content (AvgIpc) is 3.35. The number of benzene rings is 2. The molecule has 4 nitrogen and oxygen atoms in total. The van der Waals surface area contributed by atoms with E-state index >= 15 is 0 Å². The fourth-order valence-electron chi connectivity index (χ4n) is 2.36. The SMILES string of the molecule is COc1ccc(C(=O)C2OC2c2ccccc2)c(OC)c1. The minimum absolute atomic E-state index is 0.0663. The van der Waals surface area contributed by atoms with Crippen LogP contribution >= 0.6 is 0 Å². The summed E-state index contributed by atoms with van der Waals surface area (Å²) in [6.07, 6.45) is -0.597. The lowest BCUT2D eigenvalue weighted by Crippen LogP contribution is -2.10. The van der Waals surface area contributed by atoms with Gasteiger partial charge in [0.2, 0.25) is 0 Å². The highest BCUT2D eigenvalue weighted by atomic mass is 16.6. The van der Waals surface area contributed by atoms with Gasteiger partial charge in [0.1, 0.15) is 17.6 Å². The summed E-state index contributed by atoms with van der Waals surface area (Å²) in [5.74, 6) is 1.09. The highest BCUT2D eigenvalue weighted by molar-refractivity contribution is 6.03. The molecule has 2 aromatic rings. The molecule has 21 heavy (non-hydrogen) atoms. The van der Waals surface area contributed by atoms with Crippen LogP contribution in [0.1, 0.15) is 22.0 Å². The maximum absolute atomic E-state index is 12.5. The number of hydrogen-bond donors (Lipinski definition) is 0. The highest BCUT2D eigenvalue weighted by Crippen LogP contribution is 2.42. The molecule has 1 fully saturated rings. The number of epoxide rings is 1. The van der Waals surface area contributed by atoms with E-state index < -0.39 is 6.10 Å². The van der Waals surface area contributed by atoms with Crippen molar-refractivity contribution in [2.24, 2.45) is 0 Å². The summed E-state index contributed by atoms with van der Waals surface area (Å²) >= 11 is 0. The summed E-state index contributed by atoms with van der Waals surface area (Å²) in [5.41, 5.74) is 1.53. The Labute approximate surface area is 123 Å².